The molecule has 1 fully saturated rings. The van der Waals surface area contributed by atoms with Gasteiger partial charge in [-0.15, -0.1) is 0 Å². The number of nitrogen functional groups attached to an aromatic ring is 1. The minimum Gasteiger partial charge on any atom is -0.463 e. The summed E-state index contributed by atoms with van der Waals surface area (Å²) in [5, 5.41) is 0.534. The van der Waals surface area contributed by atoms with Gasteiger partial charge in [0.1, 0.15) is 18.2 Å². The topological polar surface area (TPSA) is 141 Å². The molecule has 0 saturated carbocycles. The van der Waals surface area contributed by atoms with E-state index in [1.165, 1.54) is 29.2 Å². The molecule has 1 aliphatic heterocycles. The molecular formula is C21H22ClN5O6. The molecule has 174 valence electrons. The van der Waals surface area contributed by atoms with Gasteiger partial charge in [0, 0.05) is 25.3 Å². The number of carbonyl (C=O) groups excluding carboxylic acids is 2. The first-order valence-electron chi connectivity index (χ1n) is 10.2. The molecule has 0 radical (unpaired) electrons. The number of aromatic nitrogens is 4. The molecule has 0 aliphatic carbocycles. The Labute approximate surface area is 193 Å². The maximum atomic E-state index is 13.6. The van der Waals surface area contributed by atoms with Crippen molar-refractivity contribution in [3.63, 3.8) is 0 Å². The van der Waals surface area contributed by atoms with E-state index < -0.39 is 36.1 Å². The molecule has 12 heteroatoms. The molecule has 2 N–H and O–H groups in total. The number of esters is 2. The summed E-state index contributed by atoms with van der Waals surface area (Å²) in [6, 6.07) is 7.10. The zero-order chi connectivity index (χ0) is 23.7. The van der Waals surface area contributed by atoms with E-state index >= 15 is 0 Å². The van der Waals surface area contributed by atoms with Gasteiger partial charge in [-0.25, -0.2) is 14.3 Å². The number of hydrogen-bond acceptors (Lipinski definition) is 9. The Morgan fingerprint density at radius 2 is 2.09 bits per heavy atom. The monoisotopic (exact) mass is 475 g/mol. The molecule has 4 rings (SSSR count). The third kappa shape index (κ3) is 4.83. The predicted octanol–water partition coefficient (Wildman–Crippen LogP) is 1.66. The minimum absolute atomic E-state index is 0.0327. The Morgan fingerprint density at radius 3 is 2.79 bits per heavy atom. The molecule has 1 aromatic carbocycles. The quantitative estimate of drug-likeness (QED) is 0.527. The molecule has 11 nitrogen and oxygen atoms in total. The van der Waals surface area contributed by atoms with Crippen molar-refractivity contribution in [2.45, 2.75) is 45.2 Å². The molecular weight excluding hydrogens is 454 g/mol. The van der Waals surface area contributed by atoms with Crippen LogP contribution in [0.4, 0.5) is 5.95 Å². The smallest absolute Gasteiger partial charge is 0.332 e. The number of ether oxygens (including phenoxy) is 3. The number of benzene rings is 1. The van der Waals surface area contributed by atoms with Crippen LogP contribution in [0.3, 0.4) is 0 Å². The van der Waals surface area contributed by atoms with Crippen LogP contribution in [0.5, 0.6) is 0 Å². The number of imidazole rings is 1. The zero-order valence-corrected chi connectivity index (χ0v) is 18.7. The maximum absolute atomic E-state index is 13.6. The highest BCUT2D eigenvalue weighted by Crippen LogP contribution is 2.33. The van der Waals surface area contributed by atoms with Crippen molar-refractivity contribution in [1.29, 1.82) is 0 Å². The first-order chi connectivity index (χ1) is 15.7. The molecule has 1 aliphatic rings. The van der Waals surface area contributed by atoms with Gasteiger partial charge in [-0.1, -0.05) is 23.7 Å². The molecule has 0 bridgehead atoms. The maximum Gasteiger partial charge on any atom is 0.332 e. The Morgan fingerprint density at radius 1 is 1.30 bits per heavy atom. The lowest BCUT2D eigenvalue weighted by Gasteiger charge is -2.19. The van der Waals surface area contributed by atoms with Gasteiger partial charge in [-0.3, -0.25) is 14.2 Å². The summed E-state index contributed by atoms with van der Waals surface area (Å²) in [5.41, 5.74) is 6.78. The van der Waals surface area contributed by atoms with Crippen LogP contribution in [-0.4, -0.2) is 49.9 Å². The van der Waals surface area contributed by atoms with E-state index in [0.717, 1.165) is 5.56 Å². The van der Waals surface area contributed by atoms with Gasteiger partial charge >= 0.3 is 17.6 Å². The van der Waals surface area contributed by atoms with Crippen LogP contribution in [0.1, 0.15) is 32.1 Å². The van der Waals surface area contributed by atoms with Crippen molar-refractivity contribution in [2.75, 3.05) is 12.3 Å². The third-order valence-corrected chi connectivity index (χ3v) is 5.38. The van der Waals surface area contributed by atoms with Crippen molar-refractivity contribution in [3.05, 3.63) is 51.5 Å². The van der Waals surface area contributed by atoms with Crippen molar-refractivity contribution in [2.24, 2.45) is 0 Å². The molecule has 0 unspecified atom stereocenters. The van der Waals surface area contributed by atoms with E-state index in [1.54, 1.807) is 18.2 Å². The fraction of sp³-hybridized carbons (Fsp3) is 0.381. The lowest BCUT2D eigenvalue weighted by molar-refractivity contribution is -0.153. The van der Waals surface area contributed by atoms with Crippen molar-refractivity contribution in [3.8, 4) is 0 Å². The zero-order valence-electron chi connectivity index (χ0n) is 17.9. The number of anilines is 1. The normalized spacial score (nSPS) is 20.2. The first-order valence-corrected chi connectivity index (χ1v) is 10.5. The summed E-state index contributed by atoms with van der Waals surface area (Å²) < 4.78 is 19.2. The number of hydrogen-bond donors (Lipinski definition) is 1. The number of fused-ring (bicyclic) bond motifs is 1. The highest BCUT2D eigenvalue weighted by Gasteiger charge is 2.41. The average Bonchev–Trinajstić information content (AvgIpc) is 3.24. The number of nitrogens with two attached hydrogens (primary N) is 1. The van der Waals surface area contributed by atoms with Crippen LogP contribution in [0, 0.1) is 0 Å². The van der Waals surface area contributed by atoms with E-state index in [-0.39, 0.29) is 31.2 Å². The van der Waals surface area contributed by atoms with Crippen LogP contribution in [0.25, 0.3) is 11.2 Å². The molecule has 2 aromatic heterocycles. The summed E-state index contributed by atoms with van der Waals surface area (Å²) in [6.07, 6.45) is -0.709. The Bertz CT molecular complexity index is 1270. The van der Waals surface area contributed by atoms with E-state index in [2.05, 4.69) is 9.97 Å². The van der Waals surface area contributed by atoms with Crippen molar-refractivity contribution in [1.82, 2.24) is 19.1 Å². The molecule has 3 atom stereocenters. The number of halogens is 1. The molecule has 0 spiro atoms. The third-order valence-electron chi connectivity index (χ3n) is 5.14. The van der Waals surface area contributed by atoms with Gasteiger partial charge in [-0.2, -0.15) is 4.98 Å². The SMILES string of the molecule is CC(=O)OC[C@@H]1C[C@@H](OC(C)=O)[C@H](n2c(=O)n(Cc3cccc(Cl)c3)c3cnc(N)nc32)O1. The molecule has 3 heterocycles. The highest BCUT2D eigenvalue weighted by molar-refractivity contribution is 6.30. The van der Waals surface area contributed by atoms with E-state index in [0.29, 0.717) is 10.5 Å². The average molecular weight is 476 g/mol. The fourth-order valence-corrected chi connectivity index (χ4v) is 4.06. The van der Waals surface area contributed by atoms with Gasteiger partial charge in [0.05, 0.1) is 18.8 Å². The van der Waals surface area contributed by atoms with Crippen LogP contribution >= 0.6 is 11.6 Å². The second-order valence-electron chi connectivity index (χ2n) is 7.64. The second kappa shape index (κ2) is 9.20. The molecule has 0 amide bonds. The molecule has 3 aromatic rings. The standard InChI is InChI=1S/C21H22ClN5O6/c1-11(28)31-10-15-7-17(32-12(2)29)19(33-15)27-18-16(8-24-20(23)25-18)26(21(27)30)9-13-4-3-5-14(22)6-13/h3-6,8,15,17,19H,7,9-10H2,1-2H3,(H2,23,24,25)/t15-,17+,19+/m0/s1. The molecule has 33 heavy (non-hydrogen) atoms. The Hall–Kier alpha value is -3.44. The number of nitrogens with zero attached hydrogens (tertiary/aromatic N) is 4. The van der Waals surface area contributed by atoms with Crippen LogP contribution in [0.15, 0.2) is 35.3 Å². The van der Waals surface area contributed by atoms with Crippen molar-refractivity contribution < 1.29 is 23.8 Å². The van der Waals surface area contributed by atoms with E-state index in [9.17, 15) is 14.4 Å². The summed E-state index contributed by atoms with van der Waals surface area (Å²) in [7, 11) is 0. The summed E-state index contributed by atoms with van der Waals surface area (Å²) in [6.45, 7) is 2.69. The Kier molecular flexibility index (Phi) is 6.34. The van der Waals surface area contributed by atoms with Gasteiger partial charge in [0.2, 0.25) is 5.95 Å². The fourth-order valence-electron chi connectivity index (χ4n) is 3.85. The summed E-state index contributed by atoms with van der Waals surface area (Å²) in [5.74, 6) is -1.04. The van der Waals surface area contributed by atoms with Gasteiger partial charge < -0.3 is 19.9 Å². The number of carbonyl (C=O) groups is 2. The van der Waals surface area contributed by atoms with Gasteiger partial charge in [-0.05, 0) is 17.7 Å². The van der Waals surface area contributed by atoms with Crippen LogP contribution in [-0.2, 0) is 30.3 Å². The molecule has 1 saturated heterocycles. The lowest BCUT2D eigenvalue weighted by Crippen LogP contribution is -2.34. The number of rotatable bonds is 6. The summed E-state index contributed by atoms with van der Waals surface area (Å²) >= 11 is 6.10. The lowest BCUT2D eigenvalue weighted by atomic mass is 10.2. The van der Waals surface area contributed by atoms with Gasteiger partial charge in [0.25, 0.3) is 0 Å². The second-order valence-corrected chi connectivity index (χ2v) is 8.08. The van der Waals surface area contributed by atoms with E-state index in [1.807, 2.05) is 6.07 Å². The van der Waals surface area contributed by atoms with E-state index in [4.69, 9.17) is 31.5 Å². The Balaban J connectivity index is 1.79. The summed E-state index contributed by atoms with van der Waals surface area (Å²) in [4.78, 5) is 44.8. The van der Waals surface area contributed by atoms with Crippen molar-refractivity contribution >= 4 is 40.7 Å². The van der Waals surface area contributed by atoms with Crippen LogP contribution < -0.4 is 11.4 Å². The van der Waals surface area contributed by atoms with Crippen LogP contribution in [0.2, 0.25) is 5.02 Å². The minimum atomic E-state index is -1.00. The predicted molar refractivity (Wildman–Crippen MR) is 117 cm³/mol. The highest BCUT2D eigenvalue weighted by atomic mass is 35.5. The first kappa shape index (κ1) is 22.7. The largest absolute Gasteiger partial charge is 0.463 e. The van der Waals surface area contributed by atoms with Gasteiger partial charge in [0.15, 0.2) is 11.9 Å².